The minimum Gasteiger partial charge on any atom is -0.480 e. The van der Waals surface area contributed by atoms with Crippen LogP contribution in [0.4, 0.5) is 10.5 Å². The van der Waals surface area contributed by atoms with E-state index < -0.39 is 5.97 Å². The Morgan fingerprint density at radius 1 is 1.15 bits per heavy atom. The number of hydrogen-bond donors (Lipinski definition) is 1. The first-order valence-corrected chi connectivity index (χ1v) is 6.50. The van der Waals surface area contributed by atoms with Crippen LogP contribution in [0, 0.1) is 5.41 Å². The molecule has 5 nitrogen and oxygen atoms in total. The molecular weight excluding hydrogens is 256 g/mol. The Bertz CT molecular complexity index is 466. The van der Waals surface area contributed by atoms with Crippen LogP contribution in [0.3, 0.4) is 0 Å². The highest BCUT2D eigenvalue weighted by molar-refractivity contribution is 5.96. The van der Waals surface area contributed by atoms with E-state index in [9.17, 15) is 9.59 Å². The lowest BCUT2D eigenvalue weighted by atomic mass is 9.96. The van der Waals surface area contributed by atoms with E-state index in [-0.39, 0.29) is 18.0 Å². The highest BCUT2D eigenvalue weighted by Crippen LogP contribution is 2.18. The number of rotatable bonds is 4. The molecule has 1 aromatic rings. The maximum Gasteiger partial charge on any atom is 0.324 e. The molecule has 0 aliphatic rings. The second-order valence-electron chi connectivity index (χ2n) is 6.01. The van der Waals surface area contributed by atoms with Crippen LogP contribution in [0.25, 0.3) is 0 Å². The van der Waals surface area contributed by atoms with Crippen LogP contribution in [-0.4, -0.2) is 42.1 Å². The molecule has 1 N–H and O–H groups in total. The zero-order chi connectivity index (χ0) is 15.3. The number of hydrogen-bond acceptors (Lipinski definition) is 2. The minimum absolute atomic E-state index is 0.0456. The molecule has 0 spiro atoms. The molecule has 20 heavy (non-hydrogen) atoms. The van der Waals surface area contributed by atoms with Gasteiger partial charge in [-0.2, -0.15) is 0 Å². The van der Waals surface area contributed by atoms with Crippen molar-refractivity contribution in [2.24, 2.45) is 5.41 Å². The summed E-state index contributed by atoms with van der Waals surface area (Å²) < 4.78 is 0. The molecule has 2 amide bonds. The molecule has 0 bridgehead atoms. The van der Waals surface area contributed by atoms with Crippen LogP contribution in [-0.2, 0) is 4.79 Å². The van der Waals surface area contributed by atoms with Crippen molar-refractivity contribution in [1.29, 1.82) is 0 Å². The first-order chi connectivity index (χ1) is 9.20. The van der Waals surface area contributed by atoms with Gasteiger partial charge in [0.15, 0.2) is 0 Å². The Hall–Kier alpha value is -2.04. The van der Waals surface area contributed by atoms with Crippen LogP contribution in [0.15, 0.2) is 30.3 Å². The lowest BCUT2D eigenvalue weighted by Crippen LogP contribution is -2.46. The first-order valence-electron chi connectivity index (χ1n) is 6.50. The third-order valence-corrected chi connectivity index (χ3v) is 2.63. The summed E-state index contributed by atoms with van der Waals surface area (Å²) >= 11 is 0. The number of urea groups is 1. The largest absolute Gasteiger partial charge is 0.480 e. The molecule has 1 aromatic carbocycles. The Morgan fingerprint density at radius 3 is 2.15 bits per heavy atom. The molecule has 0 radical (unpaired) electrons. The highest BCUT2D eigenvalue weighted by atomic mass is 16.4. The van der Waals surface area contributed by atoms with Crippen LogP contribution < -0.4 is 4.90 Å². The van der Waals surface area contributed by atoms with Gasteiger partial charge in [-0.25, -0.2) is 4.79 Å². The topological polar surface area (TPSA) is 60.9 Å². The van der Waals surface area contributed by atoms with Crippen molar-refractivity contribution in [3.63, 3.8) is 0 Å². The number of carboxylic acids is 1. The molecule has 0 heterocycles. The predicted molar refractivity (Wildman–Crippen MR) is 78.9 cm³/mol. The summed E-state index contributed by atoms with van der Waals surface area (Å²) in [5, 5.41) is 9.00. The van der Waals surface area contributed by atoms with Crippen LogP contribution in [0.1, 0.15) is 20.8 Å². The summed E-state index contributed by atoms with van der Waals surface area (Å²) in [5.74, 6) is -1.04. The summed E-state index contributed by atoms with van der Waals surface area (Å²) in [5.41, 5.74) is 0.538. The quantitative estimate of drug-likeness (QED) is 0.921. The minimum atomic E-state index is -1.04. The molecule has 1 rings (SSSR count). The summed E-state index contributed by atoms with van der Waals surface area (Å²) in [6, 6.07) is 8.53. The van der Waals surface area contributed by atoms with Crippen molar-refractivity contribution in [3.8, 4) is 0 Å². The van der Waals surface area contributed by atoms with Gasteiger partial charge in [0.2, 0.25) is 0 Å². The molecule has 0 aromatic heterocycles. The van der Waals surface area contributed by atoms with Gasteiger partial charge in [-0.1, -0.05) is 39.0 Å². The van der Waals surface area contributed by atoms with Gasteiger partial charge in [-0.15, -0.1) is 0 Å². The molecule has 5 heteroatoms. The number of anilines is 1. The monoisotopic (exact) mass is 278 g/mol. The van der Waals surface area contributed by atoms with Gasteiger partial charge in [0.25, 0.3) is 0 Å². The van der Waals surface area contributed by atoms with Crippen molar-refractivity contribution in [1.82, 2.24) is 4.90 Å². The number of amides is 2. The highest BCUT2D eigenvalue weighted by Gasteiger charge is 2.25. The lowest BCUT2D eigenvalue weighted by Gasteiger charge is -2.31. The zero-order valence-electron chi connectivity index (χ0n) is 12.5. The maximum atomic E-state index is 12.4. The van der Waals surface area contributed by atoms with Crippen LogP contribution >= 0.6 is 0 Å². The number of carboxylic acid groups (broad SMARTS) is 1. The smallest absolute Gasteiger partial charge is 0.324 e. The molecule has 0 unspecified atom stereocenters. The third-order valence-electron chi connectivity index (χ3n) is 2.63. The van der Waals surface area contributed by atoms with Gasteiger partial charge in [0.05, 0.1) is 0 Å². The lowest BCUT2D eigenvalue weighted by molar-refractivity contribution is -0.135. The van der Waals surface area contributed by atoms with Crippen LogP contribution in [0.2, 0.25) is 0 Å². The van der Waals surface area contributed by atoms with E-state index in [2.05, 4.69) is 0 Å². The van der Waals surface area contributed by atoms with Gasteiger partial charge < -0.3 is 10.0 Å². The molecule has 0 saturated heterocycles. The molecular formula is C15H22N2O3. The second kappa shape index (κ2) is 6.41. The van der Waals surface area contributed by atoms with E-state index in [1.54, 1.807) is 36.2 Å². The van der Waals surface area contributed by atoms with E-state index in [0.29, 0.717) is 12.2 Å². The van der Waals surface area contributed by atoms with E-state index in [0.717, 1.165) is 0 Å². The van der Waals surface area contributed by atoms with Gasteiger partial charge >= 0.3 is 12.0 Å². The van der Waals surface area contributed by atoms with Gasteiger partial charge in [-0.3, -0.25) is 9.69 Å². The number of carbonyl (C=O) groups is 2. The SMILES string of the molecule is CN(CC(C)(C)C)C(=O)N(CC(=O)O)c1ccccc1. The summed E-state index contributed by atoms with van der Waals surface area (Å²) in [7, 11) is 1.69. The number of aliphatic carboxylic acids is 1. The van der Waals surface area contributed by atoms with Crippen molar-refractivity contribution >= 4 is 17.7 Å². The summed E-state index contributed by atoms with van der Waals surface area (Å²) in [4.78, 5) is 26.3. The normalized spacial score (nSPS) is 11.0. The van der Waals surface area contributed by atoms with Crippen LogP contribution in [0.5, 0.6) is 0 Å². The molecule has 0 saturated carbocycles. The second-order valence-corrected chi connectivity index (χ2v) is 6.01. The first kappa shape index (κ1) is 16.0. The molecule has 0 atom stereocenters. The average molecular weight is 278 g/mol. The van der Waals surface area contributed by atoms with E-state index >= 15 is 0 Å². The maximum absolute atomic E-state index is 12.4. The number of benzene rings is 1. The molecule has 0 fully saturated rings. The van der Waals surface area contributed by atoms with Gasteiger partial charge in [0.1, 0.15) is 6.54 Å². The van der Waals surface area contributed by atoms with Crippen molar-refractivity contribution in [2.45, 2.75) is 20.8 Å². The zero-order valence-corrected chi connectivity index (χ0v) is 12.5. The van der Waals surface area contributed by atoms with Gasteiger partial charge in [-0.05, 0) is 17.5 Å². The number of nitrogens with zero attached hydrogens (tertiary/aromatic N) is 2. The fourth-order valence-corrected chi connectivity index (χ4v) is 2.00. The van der Waals surface area contributed by atoms with Crippen molar-refractivity contribution < 1.29 is 14.7 Å². The summed E-state index contributed by atoms with van der Waals surface area (Å²) in [6.45, 7) is 6.29. The van der Waals surface area contributed by atoms with E-state index in [4.69, 9.17) is 5.11 Å². The molecule has 110 valence electrons. The fraction of sp³-hybridized carbons (Fsp3) is 0.467. The molecule has 0 aliphatic carbocycles. The fourth-order valence-electron chi connectivity index (χ4n) is 2.00. The Morgan fingerprint density at radius 2 is 1.70 bits per heavy atom. The third kappa shape index (κ3) is 4.91. The average Bonchev–Trinajstić information content (AvgIpc) is 2.34. The number of carbonyl (C=O) groups excluding carboxylic acids is 1. The Balaban J connectivity index is 2.94. The molecule has 0 aliphatic heterocycles. The predicted octanol–water partition coefficient (Wildman–Crippen LogP) is 2.68. The van der Waals surface area contributed by atoms with Crippen molar-refractivity contribution in [2.75, 3.05) is 25.0 Å². The van der Waals surface area contributed by atoms with Crippen molar-refractivity contribution in [3.05, 3.63) is 30.3 Å². The van der Waals surface area contributed by atoms with E-state index in [1.165, 1.54) is 4.90 Å². The standard InChI is InChI=1S/C15H22N2O3/c1-15(2,3)11-16(4)14(20)17(10-13(18)19)12-8-6-5-7-9-12/h5-9H,10-11H2,1-4H3,(H,18,19). The van der Waals surface area contributed by atoms with Gasteiger partial charge in [0, 0.05) is 19.3 Å². The Kier molecular flexibility index (Phi) is 5.13. The summed E-state index contributed by atoms with van der Waals surface area (Å²) in [6.07, 6.45) is 0. The number of para-hydroxylation sites is 1. The Labute approximate surface area is 119 Å². The van der Waals surface area contributed by atoms with E-state index in [1.807, 2.05) is 26.8 Å².